The third-order valence-corrected chi connectivity index (χ3v) is 8.86. The summed E-state index contributed by atoms with van der Waals surface area (Å²) >= 11 is 0. The van der Waals surface area contributed by atoms with Crippen LogP contribution in [0.25, 0.3) is 0 Å². The van der Waals surface area contributed by atoms with Crippen LogP contribution in [0.5, 0.6) is 0 Å². The molecule has 0 aliphatic heterocycles. The predicted molar refractivity (Wildman–Crippen MR) is 205 cm³/mol. The summed E-state index contributed by atoms with van der Waals surface area (Å²) in [6.07, 6.45) is 8.81. The van der Waals surface area contributed by atoms with E-state index < -0.39 is 5.66 Å². The third-order valence-electron chi connectivity index (χ3n) is 8.86. The maximum Gasteiger partial charge on any atom is 0.168 e. The minimum atomic E-state index is -0.509. The van der Waals surface area contributed by atoms with Crippen molar-refractivity contribution < 1.29 is 9.59 Å². The van der Waals surface area contributed by atoms with Gasteiger partial charge in [0.25, 0.3) is 0 Å². The molecule has 0 bridgehead atoms. The molecule has 2 unspecified atom stereocenters. The first-order valence-electron chi connectivity index (χ1n) is 17.8. The molecule has 0 heterocycles. The topological polar surface area (TPSA) is 161 Å². The molecule has 9 nitrogen and oxygen atoms in total. The summed E-state index contributed by atoms with van der Waals surface area (Å²) in [5.74, 6) is 9.21. The van der Waals surface area contributed by atoms with E-state index in [-0.39, 0.29) is 17.6 Å². The van der Waals surface area contributed by atoms with Gasteiger partial charge in [-0.2, -0.15) is 0 Å². The van der Waals surface area contributed by atoms with E-state index in [1.807, 2.05) is 52.2 Å². The second kappa shape index (κ2) is 24.4. The monoisotopic (exact) mass is 668 g/mol. The number of aldehydes is 2. The van der Waals surface area contributed by atoms with Crippen molar-refractivity contribution in [1.82, 2.24) is 16.0 Å². The predicted octanol–water partition coefficient (Wildman–Crippen LogP) is 6.30. The molecule has 2 aromatic rings. The van der Waals surface area contributed by atoms with E-state index >= 15 is 0 Å². The largest absolute Gasteiger partial charge is 0.317 e. The van der Waals surface area contributed by atoms with Crippen molar-refractivity contribution in [2.45, 2.75) is 118 Å². The van der Waals surface area contributed by atoms with E-state index in [9.17, 15) is 9.59 Å². The third kappa shape index (κ3) is 16.1. The van der Waals surface area contributed by atoms with Crippen molar-refractivity contribution in [3.8, 4) is 0 Å². The average molecular weight is 668 g/mol. The van der Waals surface area contributed by atoms with Gasteiger partial charge in [-0.3, -0.25) is 31.6 Å². The van der Waals surface area contributed by atoms with Crippen LogP contribution in [0.1, 0.15) is 127 Å². The number of nitrogens with one attached hydrogen (secondary N) is 3. The summed E-state index contributed by atoms with van der Waals surface area (Å²) < 4.78 is 0. The van der Waals surface area contributed by atoms with E-state index in [2.05, 4.69) is 93.4 Å². The van der Waals surface area contributed by atoms with Crippen molar-refractivity contribution in [3.63, 3.8) is 0 Å². The Morgan fingerprint density at radius 3 is 2.04 bits per heavy atom. The van der Waals surface area contributed by atoms with Crippen LogP contribution in [0.3, 0.4) is 0 Å². The van der Waals surface area contributed by atoms with E-state index in [0.717, 1.165) is 69.6 Å². The molecule has 272 valence electrons. The van der Waals surface area contributed by atoms with Crippen molar-refractivity contribution in [3.05, 3.63) is 70.8 Å². The average Bonchev–Trinajstić information content (AvgIpc) is 3.11. The normalized spacial score (nSPS) is 19.0. The van der Waals surface area contributed by atoms with Crippen molar-refractivity contribution in [1.29, 1.82) is 0 Å². The highest BCUT2D eigenvalue weighted by Crippen LogP contribution is 2.43. The van der Waals surface area contributed by atoms with Crippen LogP contribution in [0.4, 0.5) is 0 Å². The maximum absolute atomic E-state index is 12.4. The molecule has 0 amide bonds. The summed E-state index contributed by atoms with van der Waals surface area (Å²) in [4.78, 5) is 28.9. The SMILES string of the molecule is CC.CCc1cccc(/C(C=O)=N/C2(NC(CCC(C)C)c3ccc(C=O)cc3)CCC(C(C)(C)C)CC2)c1.CNCC(N)NC.NN. The van der Waals surface area contributed by atoms with E-state index in [4.69, 9.17) is 10.7 Å². The number of nitrogens with zero attached hydrogens (tertiary/aromatic N) is 1. The van der Waals surface area contributed by atoms with Crippen molar-refractivity contribution >= 4 is 18.3 Å². The Morgan fingerprint density at radius 2 is 1.60 bits per heavy atom. The van der Waals surface area contributed by atoms with Gasteiger partial charge in [-0.1, -0.05) is 97.9 Å². The number of aliphatic imine (C=N–C) groups is 1. The zero-order chi connectivity index (χ0) is 36.8. The molecule has 1 aliphatic carbocycles. The molecule has 9 N–H and O–H groups in total. The Morgan fingerprint density at radius 1 is 1.00 bits per heavy atom. The second-order valence-corrected chi connectivity index (χ2v) is 13.7. The number of hydrazine groups is 1. The molecule has 1 aliphatic rings. The molecule has 48 heavy (non-hydrogen) atoms. The van der Waals surface area contributed by atoms with Crippen LogP contribution in [-0.4, -0.2) is 50.8 Å². The van der Waals surface area contributed by atoms with Gasteiger partial charge in [-0.25, -0.2) is 0 Å². The summed E-state index contributed by atoms with van der Waals surface area (Å²) in [6.45, 7) is 18.4. The summed E-state index contributed by atoms with van der Waals surface area (Å²) in [7, 11) is 3.71. The van der Waals surface area contributed by atoms with Crippen LogP contribution in [0.15, 0.2) is 53.5 Å². The Balaban J connectivity index is 0.00000176. The molecule has 1 fully saturated rings. The lowest BCUT2D eigenvalue weighted by Crippen LogP contribution is -2.50. The van der Waals surface area contributed by atoms with Crippen LogP contribution in [-0.2, 0) is 11.2 Å². The van der Waals surface area contributed by atoms with Crippen LogP contribution < -0.4 is 33.4 Å². The molecular weight excluding hydrogens is 598 g/mol. The second-order valence-electron chi connectivity index (χ2n) is 13.7. The summed E-state index contributed by atoms with van der Waals surface area (Å²) in [6, 6.07) is 16.2. The molecule has 0 saturated heterocycles. The van der Waals surface area contributed by atoms with Gasteiger partial charge in [-0.05, 0) is 93.5 Å². The van der Waals surface area contributed by atoms with Crippen molar-refractivity contribution in [2.75, 3.05) is 20.6 Å². The summed E-state index contributed by atoms with van der Waals surface area (Å²) in [5, 5.41) is 9.79. The number of carbonyl (C=O) groups excluding carboxylic acids is 2. The molecule has 2 atom stereocenters. The Labute approximate surface area is 292 Å². The van der Waals surface area contributed by atoms with Crippen molar-refractivity contribution in [2.24, 2.45) is 39.7 Å². The molecule has 0 radical (unpaired) electrons. The number of aryl methyl sites for hydroxylation is 1. The number of hydrogen-bond acceptors (Lipinski definition) is 9. The zero-order valence-electron chi connectivity index (χ0n) is 31.7. The maximum atomic E-state index is 12.4. The Kier molecular flexibility index (Phi) is 22.9. The number of nitrogens with two attached hydrogens (primary N) is 3. The Bertz CT molecular complexity index is 1170. The number of hydrogen-bond donors (Lipinski definition) is 6. The quantitative estimate of drug-likeness (QED) is 0.0450. The number of rotatable bonds is 14. The van der Waals surface area contributed by atoms with Gasteiger partial charge >= 0.3 is 0 Å². The van der Waals surface area contributed by atoms with Gasteiger partial charge in [0, 0.05) is 23.7 Å². The first-order valence-corrected chi connectivity index (χ1v) is 17.8. The molecule has 0 aromatic heterocycles. The molecule has 0 spiro atoms. The molecule has 3 rings (SSSR count). The lowest BCUT2D eigenvalue weighted by Gasteiger charge is -2.44. The zero-order valence-corrected chi connectivity index (χ0v) is 31.7. The smallest absolute Gasteiger partial charge is 0.168 e. The van der Waals surface area contributed by atoms with Crippen LogP contribution in [0.2, 0.25) is 0 Å². The van der Waals surface area contributed by atoms with Gasteiger partial charge < -0.3 is 16.4 Å². The molecule has 9 heteroatoms. The fourth-order valence-electron chi connectivity index (χ4n) is 5.87. The fraction of sp³-hybridized carbons (Fsp3) is 0.615. The number of benzene rings is 2. The van der Waals surface area contributed by atoms with Gasteiger partial charge in [0.15, 0.2) is 6.29 Å². The van der Waals surface area contributed by atoms with E-state index in [1.54, 1.807) is 0 Å². The van der Waals surface area contributed by atoms with E-state index in [1.165, 1.54) is 11.1 Å². The highest BCUT2D eigenvalue weighted by Gasteiger charge is 2.40. The lowest BCUT2D eigenvalue weighted by atomic mass is 9.69. The summed E-state index contributed by atoms with van der Waals surface area (Å²) in [5.41, 5.74) is 9.62. The minimum absolute atomic E-state index is 0.0880. The minimum Gasteiger partial charge on any atom is -0.317 e. The highest BCUT2D eigenvalue weighted by atomic mass is 16.1. The Hall–Kier alpha value is -2.79. The van der Waals surface area contributed by atoms with E-state index in [0.29, 0.717) is 23.1 Å². The van der Waals surface area contributed by atoms with Crippen LogP contribution >= 0.6 is 0 Å². The fourth-order valence-corrected chi connectivity index (χ4v) is 5.87. The number of carbonyl (C=O) groups is 2. The first-order chi connectivity index (χ1) is 22.9. The van der Waals surface area contributed by atoms with Gasteiger partial charge in [-0.15, -0.1) is 0 Å². The lowest BCUT2D eigenvalue weighted by molar-refractivity contribution is -0.102. The molecular formula is C39H69N7O2. The highest BCUT2D eigenvalue weighted by molar-refractivity contribution is 6.36. The van der Waals surface area contributed by atoms with Crippen LogP contribution in [0, 0.1) is 17.3 Å². The van der Waals surface area contributed by atoms with Gasteiger partial charge in [0.05, 0.1) is 6.17 Å². The van der Waals surface area contributed by atoms with Gasteiger partial charge in [0.2, 0.25) is 0 Å². The molecule has 2 aromatic carbocycles. The first kappa shape index (κ1) is 45.2. The van der Waals surface area contributed by atoms with Gasteiger partial charge in [0.1, 0.15) is 17.7 Å². The standard InChI is InChI=1S/C33H46N2O2.C4H13N3.C2H6.H4N2/c1-7-25-9-8-10-28(21-25)31(23-37)35-33(19-17-29(18-20-33)32(4,5)6)34-30(16-11-24(2)3)27-14-12-26(22-36)13-15-27;1-6-3-4(5)7-2;2*1-2/h8-10,12-15,21-24,29-30,34H,7,11,16-20H2,1-6H3;4,6-7H,3,5H2,1-2H3;1-2H3;1-2H2/b35-31+;;;. The molecule has 1 saturated carbocycles. The number of likely N-dealkylation sites (N-methyl/N-ethyl adjacent to an activating group) is 2.